The Kier molecular flexibility index (Phi) is 6.67. The highest BCUT2D eigenvalue weighted by atomic mass is 16.5. The Labute approximate surface area is 199 Å². The highest BCUT2D eigenvalue weighted by molar-refractivity contribution is 5.89. The number of H-pyrrole nitrogens is 1. The maximum atomic E-state index is 13.5. The van der Waals surface area contributed by atoms with E-state index in [-0.39, 0.29) is 5.91 Å². The molecule has 0 spiro atoms. The fourth-order valence-corrected chi connectivity index (χ4v) is 4.64. The van der Waals surface area contributed by atoms with Crippen LogP contribution in [0.1, 0.15) is 18.2 Å². The first-order chi connectivity index (χ1) is 16.6. The number of morpholine rings is 1. The Morgan fingerprint density at radius 3 is 2.76 bits per heavy atom. The minimum Gasteiger partial charge on any atom is -0.460 e. The summed E-state index contributed by atoms with van der Waals surface area (Å²) in [6, 6.07) is 18.2. The molecule has 1 amide bonds. The number of hydrogen-bond donors (Lipinski definition) is 3. The van der Waals surface area contributed by atoms with Gasteiger partial charge in [0.2, 0.25) is 5.91 Å². The van der Waals surface area contributed by atoms with Gasteiger partial charge < -0.3 is 19.5 Å². The number of benzene rings is 2. The van der Waals surface area contributed by atoms with E-state index in [4.69, 9.17) is 9.15 Å². The van der Waals surface area contributed by atoms with E-state index in [1.165, 1.54) is 0 Å². The molecule has 5 rings (SSSR count). The van der Waals surface area contributed by atoms with E-state index in [0.29, 0.717) is 19.5 Å². The molecule has 1 aliphatic heterocycles. The van der Waals surface area contributed by atoms with E-state index in [9.17, 15) is 4.79 Å². The van der Waals surface area contributed by atoms with Crippen molar-refractivity contribution in [2.45, 2.75) is 25.4 Å². The third-order valence-corrected chi connectivity index (χ3v) is 6.67. The van der Waals surface area contributed by atoms with Crippen molar-refractivity contribution < 1.29 is 13.9 Å². The van der Waals surface area contributed by atoms with Crippen LogP contribution in [0.2, 0.25) is 0 Å². The number of carbonyl (C=O) groups excluding carboxylic acids is 1. The zero-order valence-corrected chi connectivity index (χ0v) is 19.6. The van der Waals surface area contributed by atoms with Crippen molar-refractivity contribution in [1.29, 1.82) is 0 Å². The predicted octanol–water partition coefficient (Wildman–Crippen LogP) is 3.45. The summed E-state index contributed by atoms with van der Waals surface area (Å²) in [6.45, 7) is 7.19. The number of aromatic nitrogens is 1. The molecule has 2 aromatic carbocycles. The number of furan rings is 1. The summed E-state index contributed by atoms with van der Waals surface area (Å²) in [5.41, 5.74) is 2.23. The molecule has 1 unspecified atom stereocenters. The fourth-order valence-electron chi connectivity index (χ4n) is 4.64. The molecule has 2 aromatic heterocycles. The summed E-state index contributed by atoms with van der Waals surface area (Å²) in [4.78, 5) is 19.2. The minimum absolute atomic E-state index is 0.0119. The number of hydrogen-bond acceptors (Lipinski definition) is 5. The molecule has 178 valence electrons. The first-order valence-electron chi connectivity index (χ1n) is 12.0. The van der Waals surface area contributed by atoms with Crippen molar-refractivity contribution in [2.24, 2.45) is 0 Å². The van der Waals surface area contributed by atoms with Crippen LogP contribution in [-0.4, -0.2) is 60.7 Å². The van der Waals surface area contributed by atoms with Crippen molar-refractivity contribution >= 4 is 27.8 Å². The Bertz CT molecular complexity index is 1220. The quantitative estimate of drug-likeness (QED) is 0.356. The lowest BCUT2D eigenvalue weighted by molar-refractivity contribution is -0.127. The van der Waals surface area contributed by atoms with E-state index >= 15 is 0 Å². The second kappa shape index (κ2) is 10.0. The zero-order chi connectivity index (χ0) is 23.4. The summed E-state index contributed by atoms with van der Waals surface area (Å²) in [7, 11) is 0. The number of rotatable bonds is 9. The average Bonchev–Trinajstić information content (AvgIpc) is 3.47. The van der Waals surface area contributed by atoms with Crippen LogP contribution in [0, 0.1) is 0 Å². The molecule has 7 heteroatoms. The summed E-state index contributed by atoms with van der Waals surface area (Å²) in [5.74, 6) is 0.801. The molecule has 7 nitrogen and oxygen atoms in total. The van der Waals surface area contributed by atoms with E-state index < -0.39 is 5.54 Å². The minimum atomic E-state index is -0.811. The number of aromatic amines is 1. The van der Waals surface area contributed by atoms with Gasteiger partial charge in [-0.05, 0) is 30.7 Å². The number of ether oxygens (including phenoxy) is 1. The van der Waals surface area contributed by atoms with Crippen LogP contribution in [0.3, 0.4) is 0 Å². The number of nitrogens with one attached hydrogen (secondary N) is 3. The van der Waals surface area contributed by atoms with Crippen LogP contribution < -0.4 is 10.6 Å². The molecule has 1 saturated heterocycles. The van der Waals surface area contributed by atoms with Gasteiger partial charge in [-0.1, -0.05) is 36.4 Å². The van der Waals surface area contributed by atoms with E-state index in [1.54, 1.807) is 0 Å². The van der Waals surface area contributed by atoms with Gasteiger partial charge in [0.15, 0.2) is 0 Å². The molecule has 0 radical (unpaired) electrons. The Balaban J connectivity index is 1.31. The first kappa shape index (κ1) is 22.7. The number of carbonyl (C=O) groups is 1. The van der Waals surface area contributed by atoms with Gasteiger partial charge in [-0.25, -0.2) is 0 Å². The van der Waals surface area contributed by atoms with Gasteiger partial charge in [0.05, 0.1) is 25.3 Å². The van der Waals surface area contributed by atoms with Gasteiger partial charge in [-0.2, -0.15) is 0 Å². The summed E-state index contributed by atoms with van der Waals surface area (Å²) >= 11 is 0. The molecule has 0 saturated carbocycles. The van der Waals surface area contributed by atoms with Crippen molar-refractivity contribution in [3.8, 4) is 0 Å². The van der Waals surface area contributed by atoms with E-state index in [1.807, 2.05) is 55.6 Å². The van der Waals surface area contributed by atoms with Gasteiger partial charge in [-0.15, -0.1) is 0 Å². The maximum Gasteiger partial charge on any atom is 0.240 e. The Morgan fingerprint density at radius 2 is 1.91 bits per heavy atom. The number of para-hydroxylation sites is 2. The largest absolute Gasteiger partial charge is 0.460 e. The number of amides is 1. The topological polar surface area (TPSA) is 82.5 Å². The zero-order valence-electron chi connectivity index (χ0n) is 19.6. The van der Waals surface area contributed by atoms with Crippen LogP contribution in [0.5, 0.6) is 0 Å². The third kappa shape index (κ3) is 5.01. The van der Waals surface area contributed by atoms with Crippen molar-refractivity contribution in [3.05, 3.63) is 72.1 Å². The molecule has 3 heterocycles. The highest BCUT2D eigenvalue weighted by Crippen LogP contribution is 2.24. The van der Waals surface area contributed by atoms with Crippen LogP contribution in [-0.2, 0) is 22.5 Å². The van der Waals surface area contributed by atoms with Gasteiger partial charge in [0, 0.05) is 55.1 Å². The average molecular weight is 461 g/mol. The molecule has 3 N–H and O–H groups in total. The predicted molar refractivity (Wildman–Crippen MR) is 134 cm³/mol. The molecule has 0 aliphatic carbocycles. The molecular weight excluding hydrogens is 428 g/mol. The van der Waals surface area contributed by atoms with Gasteiger partial charge in [0.25, 0.3) is 0 Å². The second-order valence-electron chi connectivity index (χ2n) is 9.18. The van der Waals surface area contributed by atoms with Crippen LogP contribution >= 0.6 is 0 Å². The lowest BCUT2D eigenvalue weighted by atomic mass is 9.91. The smallest absolute Gasteiger partial charge is 0.240 e. The summed E-state index contributed by atoms with van der Waals surface area (Å²) in [5, 5.41) is 8.88. The lowest BCUT2D eigenvalue weighted by Crippen LogP contribution is -2.57. The molecule has 1 aliphatic rings. The number of fused-ring (bicyclic) bond motifs is 2. The van der Waals surface area contributed by atoms with Gasteiger partial charge in [0.1, 0.15) is 11.3 Å². The van der Waals surface area contributed by atoms with E-state index in [0.717, 1.165) is 66.0 Å². The summed E-state index contributed by atoms with van der Waals surface area (Å²) < 4.78 is 11.4. The van der Waals surface area contributed by atoms with Crippen LogP contribution in [0.4, 0.5) is 0 Å². The fraction of sp³-hybridized carbons (Fsp3) is 0.370. The number of nitrogens with zero attached hydrogens (tertiary/aromatic N) is 1. The normalized spacial score (nSPS) is 16.6. The maximum absolute atomic E-state index is 13.5. The van der Waals surface area contributed by atoms with Gasteiger partial charge >= 0.3 is 0 Å². The van der Waals surface area contributed by atoms with Crippen LogP contribution in [0.25, 0.3) is 21.9 Å². The molecule has 0 bridgehead atoms. The van der Waals surface area contributed by atoms with Crippen molar-refractivity contribution in [1.82, 2.24) is 20.5 Å². The first-order valence-corrected chi connectivity index (χ1v) is 12.0. The Morgan fingerprint density at radius 1 is 1.12 bits per heavy atom. The van der Waals surface area contributed by atoms with E-state index in [2.05, 4.69) is 32.7 Å². The highest BCUT2D eigenvalue weighted by Gasteiger charge is 2.34. The second-order valence-corrected chi connectivity index (χ2v) is 9.18. The Hall–Kier alpha value is -3.13. The van der Waals surface area contributed by atoms with Crippen LogP contribution in [0.15, 0.2) is 65.2 Å². The molecule has 1 atom stereocenters. The molecule has 34 heavy (non-hydrogen) atoms. The third-order valence-electron chi connectivity index (χ3n) is 6.67. The van der Waals surface area contributed by atoms with Crippen molar-refractivity contribution in [3.63, 3.8) is 0 Å². The molecule has 1 fully saturated rings. The SMILES string of the molecule is CC(Cc1c[nH]c2ccccc12)(NCc1cc2ccccc2o1)C(=O)NCCN1CCOCC1. The molecular formula is C27H32N4O3. The standard InChI is InChI=1S/C27H32N4O3/c1-27(17-21-18-29-24-8-4-3-7-23(21)24,26(32)28-10-11-31-12-14-33-15-13-31)30-19-22-16-20-6-2-5-9-25(20)34-22/h2-9,16,18,29-30H,10-15,17,19H2,1H3,(H,28,32). The molecule has 4 aromatic rings. The monoisotopic (exact) mass is 460 g/mol. The summed E-state index contributed by atoms with van der Waals surface area (Å²) in [6.07, 6.45) is 2.56. The lowest BCUT2D eigenvalue weighted by Gasteiger charge is -2.31. The van der Waals surface area contributed by atoms with Gasteiger partial charge in [-0.3, -0.25) is 15.0 Å². The van der Waals surface area contributed by atoms with Crippen molar-refractivity contribution in [2.75, 3.05) is 39.4 Å².